The van der Waals surface area contributed by atoms with Gasteiger partial charge in [-0.2, -0.15) is 0 Å². The Morgan fingerprint density at radius 2 is 1.47 bits per heavy atom. The van der Waals surface area contributed by atoms with Gasteiger partial charge in [-0.1, -0.05) is 64.1 Å². The van der Waals surface area contributed by atoms with Crippen LogP contribution in [0.3, 0.4) is 0 Å². The Morgan fingerprint density at radius 1 is 1.00 bits per heavy atom. The van der Waals surface area contributed by atoms with Crippen molar-refractivity contribution in [1.29, 1.82) is 0 Å². The zero-order valence-corrected chi connectivity index (χ0v) is 14.6. The van der Waals surface area contributed by atoms with Crippen molar-refractivity contribution in [2.24, 2.45) is 16.7 Å². The predicted molar refractivity (Wildman–Crippen MR) is 85.9 cm³/mol. The number of alkyl halides is 1. The van der Waals surface area contributed by atoms with Crippen LogP contribution in [0.4, 0.5) is 0 Å². The molecular weight excluding hydrogens is 321 g/mol. The van der Waals surface area contributed by atoms with Gasteiger partial charge >= 0.3 is 0 Å². The highest BCUT2D eigenvalue weighted by Crippen LogP contribution is 2.49. The molecule has 1 fully saturated rings. The van der Waals surface area contributed by atoms with Crippen molar-refractivity contribution >= 4 is 22.6 Å². The topological polar surface area (TPSA) is 12.0 Å². The predicted octanol–water partition coefficient (Wildman–Crippen LogP) is 4.64. The van der Waals surface area contributed by atoms with Gasteiger partial charge in [0.2, 0.25) is 0 Å². The molecule has 102 valence electrons. The lowest BCUT2D eigenvalue weighted by molar-refractivity contribution is 0.0846. The summed E-state index contributed by atoms with van der Waals surface area (Å²) < 4.78 is 0.356. The second-order valence-corrected chi connectivity index (χ2v) is 10.2. The van der Waals surface area contributed by atoms with E-state index in [0.29, 0.717) is 14.3 Å². The summed E-state index contributed by atoms with van der Waals surface area (Å²) in [5.41, 5.74) is 0.857. The van der Waals surface area contributed by atoms with Crippen LogP contribution in [-0.4, -0.2) is 16.5 Å². The SMILES string of the molecule is CC(C)(CC(C)(C)C(C)(C)I)C1CCNCC1. The van der Waals surface area contributed by atoms with Gasteiger partial charge < -0.3 is 5.32 Å². The molecule has 1 aliphatic rings. The van der Waals surface area contributed by atoms with Crippen LogP contribution < -0.4 is 5.32 Å². The molecule has 17 heavy (non-hydrogen) atoms. The van der Waals surface area contributed by atoms with Crippen molar-refractivity contribution in [2.45, 2.75) is 64.2 Å². The zero-order chi connectivity index (χ0) is 13.3. The lowest BCUT2D eigenvalue weighted by Gasteiger charge is -2.47. The molecule has 2 heteroatoms. The highest BCUT2D eigenvalue weighted by atomic mass is 127. The van der Waals surface area contributed by atoms with Crippen molar-refractivity contribution < 1.29 is 0 Å². The fourth-order valence-corrected chi connectivity index (χ4v) is 3.29. The number of hydrogen-bond acceptors (Lipinski definition) is 1. The van der Waals surface area contributed by atoms with Gasteiger partial charge in [-0.3, -0.25) is 0 Å². The summed E-state index contributed by atoms with van der Waals surface area (Å²) in [5.74, 6) is 0.891. The first-order valence-electron chi connectivity index (χ1n) is 6.96. The maximum Gasteiger partial charge on any atom is 0.0217 e. The first-order valence-corrected chi connectivity index (χ1v) is 8.04. The fraction of sp³-hybridized carbons (Fsp3) is 1.00. The Hall–Kier alpha value is 0.690. The van der Waals surface area contributed by atoms with E-state index in [1.165, 1.54) is 32.4 Å². The molecule has 1 aliphatic heterocycles. The molecule has 1 nitrogen and oxygen atoms in total. The van der Waals surface area contributed by atoms with Crippen LogP contribution in [0.5, 0.6) is 0 Å². The van der Waals surface area contributed by atoms with Gasteiger partial charge in [-0.15, -0.1) is 0 Å². The van der Waals surface area contributed by atoms with Crippen molar-refractivity contribution in [3.63, 3.8) is 0 Å². The van der Waals surface area contributed by atoms with E-state index in [1.807, 2.05) is 0 Å². The second kappa shape index (κ2) is 5.36. The van der Waals surface area contributed by atoms with E-state index >= 15 is 0 Å². The maximum absolute atomic E-state index is 3.48. The Kier molecular flexibility index (Phi) is 4.96. The van der Waals surface area contributed by atoms with E-state index in [-0.39, 0.29) is 0 Å². The third-order valence-corrected chi connectivity index (χ3v) is 6.41. The zero-order valence-electron chi connectivity index (χ0n) is 12.5. The normalized spacial score (nSPS) is 20.6. The first kappa shape index (κ1) is 15.7. The Morgan fingerprint density at radius 3 is 1.88 bits per heavy atom. The van der Waals surface area contributed by atoms with Crippen LogP contribution in [0, 0.1) is 16.7 Å². The van der Waals surface area contributed by atoms with Gasteiger partial charge in [0, 0.05) is 3.42 Å². The molecule has 0 aromatic heterocycles. The fourth-order valence-electron chi connectivity index (χ4n) is 3.10. The molecule has 0 spiro atoms. The highest BCUT2D eigenvalue weighted by molar-refractivity contribution is 14.1. The standard InChI is InChI=1S/C15H30IN/c1-13(2,12-7-9-17-10-8-12)11-14(3,4)15(5,6)16/h12,17H,7-11H2,1-6H3. The molecule has 0 aliphatic carbocycles. The smallest absolute Gasteiger partial charge is 0.0217 e. The average molecular weight is 351 g/mol. The third-order valence-electron chi connectivity index (χ3n) is 4.95. The number of rotatable bonds is 4. The summed E-state index contributed by atoms with van der Waals surface area (Å²) in [5, 5.41) is 3.48. The van der Waals surface area contributed by atoms with E-state index in [0.717, 1.165) is 5.92 Å². The summed E-state index contributed by atoms with van der Waals surface area (Å²) in [6.45, 7) is 17.0. The molecule has 1 rings (SSSR count). The Balaban J connectivity index is 2.71. The largest absolute Gasteiger partial charge is 0.317 e. The molecule has 1 saturated heterocycles. The van der Waals surface area contributed by atoms with Crippen molar-refractivity contribution in [2.75, 3.05) is 13.1 Å². The van der Waals surface area contributed by atoms with E-state index in [9.17, 15) is 0 Å². The molecule has 1 N–H and O–H groups in total. The lowest BCUT2D eigenvalue weighted by atomic mass is 9.63. The summed E-state index contributed by atoms with van der Waals surface area (Å²) in [4.78, 5) is 0. The van der Waals surface area contributed by atoms with Crippen LogP contribution in [0.2, 0.25) is 0 Å². The van der Waals surface area contributed by atoms with Gasteiger partial charge in [0.25, 0.3) is 0 Å². The average Bonchev–Trinajstić information content (AvgIpc) is 2.15. The van der Waals surface area contributed by atoms with Crippen molar-refractivity contribution in [3.8, 4) is 0 Å². The number of nitrogens with one attached hydrogen (secondary N) is 1. The Bertz CT molecular complexity index is 244. The van der Waals surface area contributed by atoms with E-state index < -0.39 is 0 Å². The van der Waals surface area contributed by atoms with Gasteiger partial charge in [-0.25, -0.2) is 0 Å². The van der Waals surface area contributed by atoms with Gasteiger partial charge in [0.05, 0.1) is 0 Å². The number of halogens is 1. The summed E-state index contributed by atoms with van der Waals surface area (Å²) in [7, 11) is 0. The monoisotopic (exact) mass is 351 g/mol. The molecule has 0 saturated carbocycles. The third kappa shape index (κ3) is 4.09. The lowest BCUT2D eigenvalue weighted by Crippen LogP contribution is -2.42. The van der Waals surface area contributed by atoms with E-state index in [4.69, 9.17) is 0 Å². The Labute approximate surface area is 122 Å². The quantitative estimate of drug-likeness (QED) is 0.575. The first-order chi connectivity index (χ1) is 7.56. The minimum Gasteiger partial charge on any atom is -0.317 e. The van der Waals surface area contributed by atoms with Crippen LogP contribution in [0.25, 0.3) is 0 Å². The highest BCUT2D eigenvalue weighted by Gasteiger charge is 2.42. The molecule has 0 radical (unpaired) electrons. The molecule has 0 amide bonds. The second-order valence-electron chi connectivity index (χ2n) is 7.55. The van der Waals surface area contributed by atoms with Crippen LogP contribution in [-0.2, 0) is 0 Å². The van der Waals surface area contributed by atoms with Gasteiger partial charge in [-0.05, 0) is 49.1 Å². The van der Waals surface area contributed by atoms with Crippen LogP contribution >= 0.6 is 22.6 Å². The van der Waals surface area contributed by atoms with Crippen molar-refractivity contribution in [1.82, 2.24) is 5.32 Å². The molecule has 0 unspecified atom stereocenters. The van der Waals surface area contributed by atoms with Gasteiger partial charge in [0.1, 0.15) is 0 Å². The molecule has 0 atom stereocenters. The molecule has 0 aromatic rings. The summed E-state index contributed by atoms with van der Waals surface area (Å²) >= 11 is 2.62. The summed E-state index contributed by atoms with van der Waals surface area (Å²) in [6.07, 6.45) is 4.02. The summed E-state index contributed by atoms with van der Waals surface area (Å²) in [6, 6.07) is 0. The number of hydrogen-bond donors (Lipinski definition) is 1. The molecular formula is C15H30IN. The minimum absolute atomic E-state index is 0.356. The van der Waals surface area contributed by atoms with Crippen LogP contribution in [0.1, 0.15) is 60.8 Å². The van der Waals surface area contributed by atoms with Gasteiger partial charge in [0.15, 0.2) is 0 Å². The molecule has 0 aromatic carbocycles. The molecule has 1 heterocycles. The van der Waals surface area contributed by atoms with E-state index in [1.54, 1.807) is 0 Å². The number of piperidine rings is 1. The molecule has 0 bridgehead atoms. The van der Waals surface area contributed by atoms with E-state index in [2.05, 4.69) is 69.5 Å². The van der Waals surface area contributed by atoms with Crippen molar-refractivity contribution in [3.05, 3.63) is 0 Å². The maximum atomic E-state index is 3.48. The van der Waals surface area contributed by atoms with Crippen LogP contribution in [0.15, 0.2) is 0 Å². The minimum atomic E-state index is 0.356.